The second kappa shape index (κ2) is 18.0. The lowest BCUT2D eigenvalue weighted by atomic mass is 9.97. The summed E-state index contributed by atoms with van der Waals surface area (Å²) in [6.07, 6.45) is -8.61. The summed E-state index contributed by atoms with van der Waals surface area (Å²) in [7, 11) is 1.08. The van der Waals surface area contributed by atoms with Crippen LogP contribution in [0.1, 0.15) is 49.8 Å². The molecule has 54 heavy (non-hydrogen) atoms. The molecule has 2 aliphatic rings. The lowest BCUT2D eigenvalue weighted by molar-refractivity contribution is -0.282. The minimum absolute atomic E-state index is 0.0156. The summed E-state index contributed by atoms with van der Waals surface area (Å²) in [5.74, 6) is -3.94. The van der Waals surface area contributed by atoms with Gasteiger partial charge >= 0.3 is 30.0 Å². The molecule has 0 spiro atoms. The predicted molar refractivity (Wildman–Crippen MR) is 193 cm³/mol. The number of methoxy groups -OCH3 is 1. The Bertz CT molecular complexity index is 1860. The summed E-state index contributed by atoms with van der Waals surface area (Å²) in [6, 6.07) is 20.6. The second-order valence-electron chi connectivity index (χ2n) is 12.3. The van der Waals surface area contributed by atoms with Gasteiger partial charge in [0.15, 0.2) is 18.3 Å². The van der Waals surface area contributed by atoms with Crippen LogP contribution < -0.4 is 15.4 Å². The van der Waals surface area contributed by atoms with Crippen LogP contribution in [0.15, 0.2) is 66.7 Å². The number of rotatable bonds is 13. The van der Waals surface area contributed by atoms with Crippen molar-refractivity contribution in [3.8, 4) is 16.9 Å². The van der Waals surface area contributed by atoms with Crippen LogP contribution in [0.2, 0.25) is 0 Å². The number of alkyl carbamates (subject to hydrolysis) is 1. The molecule has 0 aromatic heterocycles. The molecular formula is C38H39BrN2O13. The fraction of sp³-hybridized carbons (Fsp3) is 0.368. The van der Waals surface area contributed by atoms with Gasteiger partial charge in [-0.2, -0.15) is 0 Å². The Labute approximate surface area is 319 Å². The van der Waals surface area contributed by atoms with E-state index in [1.54, 1.807) is 6.07 Å². The van der Waals surface area contributed by atoms with Gasteiger partial charge in [0.05, 0.1) is 7.11 Å². The average molecular weight is 812 g/mol. The van der Waals surface area contributed by atoms with Gasteiger partial charge < -0.3 is 43.8 Å². The van der Waals surface area contributed by atoms with Gasteiger partial charge in [0.25, 0.3) is 0 Å². The molecule has 2 N–H and O–H groups in total. The number of nitrogens with one attached hydrogen (secondary N) is 2. The molecule has 286 valence electrons. The van der Waals surface area contributed by atoms with E-state index in [1.165, 1.54) is 12.1 Å². The van der Waals surface area contributed by atoms with Crippen molar-refractivity contribution in [1.82, 2.24) is 5.32 Å². The molecule has 3 aromatic carbocycles. The van der Waals surface area contributed by atoms with Crippen molar-refractivity contribution in [1.29, 1.82) is 0 Å². The summed E-state index contributed by atoms with van der Waals surface area (Å²) >= 11 is 3.39. The van der Waals surface area contributed by atoms with Crippen molar-refractivity contribution < 1.29 is 61.9 Å². The number of hydrogen-bond donors (Lipinski definition) is 2. The van der Waals surface area contributed by atoms with E-state index < -0.39 is 66.6 Å². The Balaban J connectivity index is 1.23. The predicted octanol–water partition coefficient (Wildman–Crippen LogP) is 4.52. The Morgan fingerprint density at radius 3 is 1.96 bits per heavy atom. The highest BCUT2D eigenvalue weighted by Gasteiger charge is 2.56. The van der Waals surface area contributed by atoms with Crippen LogP contribution in [0.4, 0.5) is 10.5 Å². The van der Waals surface area contributed by atoms with E-state index in [1.807, 2.05) is 48.5 Å². The van der Waals surface area contributed by atoms with Crippen molar-refractivity contribution in [2.75, 3.05) is 25.6 Å². The zero-order valence-electron chi connectivity index (χ0n) is 29.8. The number of fused-ring (bicyclic) bond motifs is 3. The second-order valence-corrected chi connectivity index (χ2v) is 12.9. The van der Waals surface area contributed by atoms with Gasteiger partial charge in [0.1, 0.15) is 12.4 Å². The van der Waals surface area contributed by atoms with Gasteiger partial charge in [-0.3, -0.25) is 19.2 Å². The first-order chi connectivity index (χ1) is 25.9. The third-order valence-corrected chi connectivity index (χ3v) is 9.16. The van der Waals surface area contributed by atoms with Crippen molar-refractivity contribution in [3.63, 3.8) is 0 Å². The zero-order valence-corrected chi connectivity index (χ0v) is 31.4. The van der Waals surface area contributed by atoms with Crippen LogP contribution in [-0.4, -0.2) is 86.8 Å². The van der Waals surface area contributed by atoms with Gasteiger partial charge in [-0.25, -0.2) is 9.59 Å². The van der Waals surface area contributed by atoms with E-state index in [0.29, 0.717) is 16.6 Å². The molecule has 0 bridgehead atoms. The molecule has 16 heteroatoms. The van der Waals surface area contributed by atoms with Crippen molar-refractivity contribution in [3.05, 3.63) is 83.4 Å². The van der Waals surface area contributed by atoms with Gasteiger partial charge in [-0.15, -0.1) is 0 Å². The smallest absolute Gasteiger partial charge is 0.407 e. The van der Waals surface area contributed by atoms with Gasteiger partial charge in [-0.1, -0.05) is 70.5 Å². The van der Waals surface area contributed by atoms with Crippen LogP contribution in [-0.2, 0) is 57.7 Å². The molecule has 3 aromatic rings. The quantitative estimate of drug-likeness (QED) is 0.139. The van der Waals surface area contributed by atoms with E-state index in [0.717, 1.165) is 50.1 Å². The SMILES string of the molecule is COC(=O)[C@H]1O[C@@H](Oc2ccc(CBr)c(NC(=O)CCNC(=O)OCC3c4ccccc4-c4ccccc43)c2)[C@H](OC(C)=O)[C@@H](OC(C)=O)[C@@H]1OC(C)=O. The van der Waals surface area contributed by atoms with Crippen LogP contribution in [0, 0.1) is 0 Å². The number of amides is 2. The van der Waals surface area contributed by atoms with Crippen LogP contribution >= 0.6 is 15.9 Å². The Morgan fingerprint density at radius 2 is 1.37 bits per heavy atom. The number of alkyl halides is 1. The molecule has 1 heterocycles. The van der Waals surface area contributed by atoms with E-state index in [2.05, 4.69) is 26.6 Å². The maximum Gasteiger partial charge on any atom is 0.407 e. The first kappa shape index (κ1) is 39.7. The molecule has 0 unspecified atom stereocenters. The number of esters is 4. The van der Waals surface area contributed by atoms with Gasteiger partial charge in [0.2, 0.25) is 18.3 Å². The summed E-state index contributed by atoms with van der Waals surface area (Å²) in [5, 5.41) is 5.74. The average Bonchev–Trinajstić information content (AvgIpc) is 3.45. The van der Waals surface area contributed by atoms with Gasteiger partial charge in [-0.05, 0) is 33.9 Å². The number of halogens is 1. The monoisotopic (exact) mass is 810 g/mol. The molecular weight excluding hydrogens is 772 g/mol. The largest absolute Gasteiger partial charge is 0.467 e. The highest BCUT2D eigenvalue weighted by molar-refractivity contribution is 9.08. The third-order valence-electron chi connectivity index (χ3n) is 8.55. The number of carbonyl (C=O) groups is 6. The topological polar surface area (TPSA) is 191 Å². The van der Waals surface area contributed by atoms with Crippen molar-refractivity contribution in [2.45, 2.75) is 69.1 Å². The summed E-state index contributed by atoms with van der Waals surface area (Å²) in [5.41, 5.74) is 5.36. The number of anilines is 1. The number of ether oxygens (including phenoxy) is 7. The number of carbonyl (C=O) groups excluding carboxylic acids is 6. The maximum atomic E-state index is 13.0. The molecule has 1 aliphatic heterocycles. The van der Waals surface area contributed by atoms with Crippen LogP contribution in [0.3, 0.4) is 0 Å². The molecule has 1 fully saturated rings. The van der Waals surface area contributed by atoms with Gasteiger partial charge in [0, 0.05) is 56.7 Å². The van der Waals surface area contributed by atoms with Crippen molar-refractivity contribution in [2.24, 2.45) is 0 Å². The van der Waals surface area contributed by atoms with E-state index in [4.69, 9.17) is 33.2 Å². The Kier molecular flexibility index (Phi) is 13.3. The molecule has 0 radical (unpaired) electrons. The fourth-order valence-electron chi connectivity index (χ4n) is 6.31. The molecule has 1 aliphatic carbocycles. The number of hydrogen-bond acceptors (Lipinski definition) is 13. The van der Waals surface area contributed by atoms with E-state index >= 15 is 0 Å². The standard InChI is InChI=1S/C38H39BrN2O13/c1-20(42)50-32-33(51-21(2)43)35(52-22(3)44)37(54-34(32)36(46)48-4)53-24-14-13-23(18-39)30(17-24)41-31(45)15-16-40-38(47)49-19-29-27-11-7-5-9-25(27)26-10-6-8-12-28(26)29/h5-14,17,29,32-35,37H,15-16,18-19H2,1-4H3,(H,40,47)(H,41,45)/t32-,33-,34-,35+,37+/m0/s1. The van der Waals surface area contributed by atoms with Crippen LogP contribution in [0.25, 0.3) is 11.1 Å². The lowest BCUT2D eigenvalue weighted by Crippen LogP contribution is -2.64. The molecule has 5 rings (SSSR count). The molecule has 0 saturated carbocycles. The normalized spacial score (nSPS) is 20.0. The minimum atomic E-state index is -1.65. The van der Waals surface area contributed by atoms with E-state index in [9.17, 15) is 28.8 Å². The zero-order chi connectivity index (χ0) is 38.9. The maximum absolute atomic E-state index is 13.0. The minimum Gasteiger partial charge on any atom is -0.467 e. The van der Waals surface area contributed by atoms with Crippen molar-refractivity contribution >= 4 is 57.5 Å². The van der Waals surface area contributed by atoms with Crippen LogP contribution in [0.5, 0.6) is 5.75 Å². The summed E-state index contributed by atoms with van der Waals surface area (Å²) in [4.78, 5) is 74.6. The fourth-order valence-corrected chi connectivity index (χ4v) is 6.80. The Hall–Kier alpha value is -5.48. The summed E-state index contributed by atoms with van der Waals surface area (Å²) in [6.45, 7) is 3.36. The summed E-state index contributed by atoms with van der Waals surface area (Å²) < 4.78 is 38.3. The first-order valence-corrected chi connectivity index (χ1v) is 18.0. The number of benzene rings is 3. The molecule has 1 saturated heterocycles. The molecule has 15 nitrogen and oxygen atoms in total. The molecule has 5 atom stereocenters. The third kappa shape index (κ3) is 9.54. The Morgan fingerprint density at radius 1 is 0.778 bits per heavy atom. The first-order valence-electron chi connectivity index (χ1n) is 16.9. The lowest BCUT2D eigenvalue weighted by Gasteiger charge is -2.43. The van der Waals surface area contributed by atoms with E-state index in [-0.39, 0.29) is 31.2 Å². The molecule has 2 amide bonds. The highest BCUT2D eigenvalue weighted by atomic mass is 79.9. The highest BCUT2D eigenvalue weighted by Crippen LogP contribution is 2.44.